The van der Waals surface area contributed by atoms with Crippen LogP contribution in [0.5, 0.6) is 5.75 Å². The molecule has 3 aromatic rings. The van der Waals surface area contributed by atoms with Crippen molar-refractivity contribution in [3.63, 3.8) is 0 Å². The third-order valence-electron chi connectivity index (χ3n) is 5.13. The van der Waals surface area contributed by atoms with E-state index >= 15 is 0 Å². The summed E-state index contributed by atoms with van der Waals surface area (Å²) in [5.41, 5.74) is 3.78. The Kier molecular flexibility index (Phi) is 5.26. The zero-order valence-corrected chi connectivity index (χ0v) is 17.2. The maximum atomic E-state index is 12.8. The highest BCUT2D eigenvalue weighted by Gasteiger charge is 2.31. The molecule has 0 radical (unpaired) electrons. The van der Waals surface area contributed by atoms with Gasteiger partial charge in [-0.2, -0.15) is 10.2 Å². The maximum Gasteiger partial charge on any atom is 0.272 e. The lowest BCUT2D eigenvalue weighted by atomic mass is 10.2. The molecule has 1 atom stereocenters. The van der Waals surface area contributed by atoms with Crippen LogP contribution in [-0.2, 0) is 17.8 Å². The summed E-state index contributed by atoms with van der Waals surface area (Å²) in [4.78, 5) is 26.9. The first-order valence-corrected chi connectivity index (χ1v) is 9.78. The monoisotopic (exact) mass is 408 g/mol. The van der Waals surface area contributed by atoms with Crippen LogP contribution in [0.1, 0.15) is 27.6 Å². The van der Waals surface area contributed by atoms with Gasteiger partial charge in [-0.15, -0.1) is 0 Å². The van der Waals surface area contributed by atoms with Gasteiger partial charge in [0.15, 0.2) is 0 Å². The Bertz CT molecular complexity index is 1090. The summed E-state index contributed by atoms with van der Waals surface area (Å²) in [6.45, 7) is 4.70. The number of carbonyl (C=O) groups is 2. The topological polar surface area (TPSA) is 105 Å². The van der Waals surface area contributed by atoms with Gasteiger partial charge in [-0.1, -0.05) is 12.1 Å². The van der Waals surface area contributed by atoms with E-state index in [1.807, 2.05) is 36.7 Å². The fourth-order valence-electron chi connectivity index (χ4n) is 3.52. The number of amides is 2. The number of aromatic nitrogens is 4. The Labute approximate surface area is 174 Å². The molecule has 1 aromatic carbocycles. The molecule has 0 aliphatic carbocycles. The molecule has 3 heterocycles. The second kappa shape index (κ2) is 8.02. The number of aromatic amines is 1. The van der Waals surface area contributed by atoms with Crippen LogP contribution in [0.4, 0.5) is 5.69 Å². The Hall–Kier alpha value is -3.62. The number of ether oxygens (including phenoxy) is 1. The summed E-state index contributed by atoms with van der Waals surface area (Å²) in [6, 6.07) is 10.2. The van der Waals surface area contributed by atoms with Crippen molar-refractivity contribution in [2.45, 2.75) is 32.9 Å². The second-order valence-corrected chi connectivity index (χ2v) is 7.38. The lowest BCUT2D eigenvalue weighted by molar-refractivity contribution is -0.120. The van der Waals surface area contributed by atoms with Crippen LogP contribution in [0.25, 0.3) is 0 Å². The molecule has 4 rings (SSSR count). The van der Waals surface area contributed by atoms with Crippen molar-refractivity contribution in [3.05, 3.63) is 59.2 Å². The molecule has 0 bridgehead atoms. The van der Waals surface area contributed by atoms with Crippen molar-refractivity contribution in [1.82, 2.24) is 25.3 Å². The SMILES string of the molecule is Cc1cc(C)n(CCc2cc(C(=O)NC3COc4ccccc4N(C)C3=O)n[nH]2)n1. The van der Waals surface area contributed by atoms with Crippen LogP contribution in [0.15, 0.2) is 36.4 Å². The van der Waals surface area contributed by atoms with Gasteiger partial charge in [0.2, 0.25) is 0 Å². The minimum Gasteiger partial charge on any atom is -0.489 e. The van der Waals surface area contributed by atoms with Gasteiger partial charge in [0.1, 0.15) is 24.1 Å². The molecule has 0 fully saturated rings. The number of hydrogen-bond acceptors (Lipinski definition) is 5. The summed E-state index contributed by atoms with van der Waals surface area (Å²) in [5, 5.41) is 14.2. The molecule has 2 amide bonds. The summed E-state index contributed by atoms with van der Waals surface area (Å²) < 4.78 is 7.65. The number of aryl methyl sites for hydroxylation is 4. The van der Waals surface area contributed by atoms with Gasteiger partial charge < -0.3 is 15.0 Å². The molecular weight excluding hydrogens is 384 g/mol. The fraction of sp³-hybridized carbons (Fsp3) is 0.333. The molecule has 30 heavy (non-hydrogen) atoms. The number of nitrogens with one attached hydrogen (secondary N) is 2. The number of H-pyrrole nitrogens is 1. The van der Waals surface area contributed by atoms with Gasteiger partial charge in [-0.05, 0) is 38.1 Å². The lowest BCUT2D eigenvalue weighted by Crippen LogP contribution is -2.49. The number of para-hydroxylation sites is 2. The van der Waals surface area contributed by atoms with Gasteiger partial charge in [0, 0.05) is 31.4 Å². The third kappa shape index (κ3) is 3.91. The molecule has 2 N–H and O–H groups in total. The minimum absolute atomic E-state index is 0.0567. The summed E-state index contributed by atoms with van der Waals surface area (Å²) in [5.74, 6) is -0.0604. The van der Waals surface area contributed by atoms with E-state index in [2.05, 4.69) is 20.6 Å². The maximum absolute atomic E-state index is 12.8. The van der Waals surface area contributed by atoms with Crippen molar-refractivity contribution < 1.29 is 14.3 Å². The number of carbonyl (C=O) groups excluding carboxylic acids is 2. The van der Waals surface area contributed by atoms with Crippen LogP contribution in [-0.4, -0.2) is 51.5 Å². The zero-order valence-electron chi connectivity index (χ0n) is 17.2. The third-order valence-corrected chi connectivity index (χ3v) is 5.13. The van der Waals surface area contributed by atoms with Gasteiger partial charge in [-0.25, -0.2) is 0 Å². The Morgan fingerprint density at radius 1 is 1.30 bits per heavy atom. The lowest BCUT2D eigenvalue weighted by Gasteiger charge is -2.19. The molecular formula is C21H24N6O3. The Morgan fingerprint density at radius 3 is 2.87 bits per heavy atom. The summed E-state index contributed by atoms with van der Waals surface area (Å²) in [6.07, 6.45) is 0.658. The molecule has 0 saturated heterocycles. The van der Waals surface area contributed by atoms with Crippen molar-refractivity contribution in [2.24, 2.45) is 0 Å². The first kappa shape index (κ1) is 19.7. The van der Waals surface area contributed by atoms with Crippen molar-refractivity contribution >= 4 is 17.5 Å². The van der Waals surface area contributed by atoms with E-state index in [1.54, 1.807) is 25.2 Å². The van der Waals surface area contributed by atoms with Crippen molar-refractivity contribution in [1.29, 1.82) is 0 Å². The average Bonchev–Trinajstić information content (AvgIpc) is 3.31. The molecule has 156 valence electrons. The average molecular weight is 408 g/mol. The first-order chi connectivity index (χ1) is 14.4. The number of likely N-dealkylation sites (N-methyl/N-ethyl adjacent to an activating group) is 1. The summed E-state index contributed by atoms with van der Waals surface area (Å²) in [7, 11) is 1.67. The van der Waals surface area contributed by atoms with Crippen molar-refractivity contribution in [3.8, 4) is 5.75 Å². The highest BCUT2D eigenvalue weighted by Crippen LogP contribution is 2.29. The smallest absolute Gasteiger partial charge is 0.272 e. The van der Waals surface area contributed by atoms with Gasteiger partial charge in [-0.3, -0.25) is 19.4 Å². The van der Waals surface area contributed by atoms with Crippen LogP contribution in [0.3, 0.4) is 0 Å². The predicted octanol–water partition coefficient (Wildman–Crippen LogP) is 1.62. The molecule has 1 aliphatic rings. The van der Waals surface area contributed by atoms with Crippen LogP contribution in [0.2, 0.25) is 0 Å². The summed E-state index contributed by atoms with van der Waals surface area (Å²) >= 11 is 0. The Balaban J connectivity index is 1.39. The number of anilines is 1. The van der Waals surface area contributed by atoms with Crippen LogP contribution >= 0.6 is 0 Å². The molecule has 9 heteroatoms. The van der Waals surface area contributed by atoms with E-state index in [4.69, 9.17) is 4.74 Å². The van der Waals surface area contributed by atoms with Gasteiger partial charge >= 0.3 is 0 Å². The van der Waals surface area contributed by atoms with Crippen molar-refractivity contribution in [2.75, 3.05) is 18.6 Å². The van der Waals surface area contributed by atoms with E-state index in [0.717, 1.165) is 17.1 Å². The molecule has 1 unspecified atom stereocenters. The predicted molar refractivity (Wildman–Crippen MR) is 111 cm³/mol. The molecule has 0 spiro atoms. The quantitative estimate of drug-likeness (QED) is 0.667. The highest BCUT2D eigenvalue weighted by atomic mass is 16.5. The molecule has 0 saturated carbocycles. The largest absolute Gasteiger partial charge is 0.489 e. The number of benzene rings is 1. The van der Waals surface area contributed by atoms with E-state index < -0.39 is 11.9 Å². The number of fused-ring (bicyclic) bond motifs is 1. The Morgan fingerprint density at radius 2 is 2.10 bits per heavy atom. The number of nitrogens with zero attached hydrogens (tertiary/aromatic N) is 4. The number of rotatable bonds is 5. The van der Waals surface area contributed by atoms with E-state index in [9.17, 15) is 9.59 Å². The van der Waals surface area contributed by atoms with Gasteiger partial charge in [0.25, 0.3) is 11.8 Å². The number of hydrogen-bond donors (Lipinski definition) is 2. The second-order valence-electron chi connectivity index (χ2n) is 7.38. The van der Waals surface area contributed by atoms with Gasteiger partial charge in [0.05, 0.1) is 11.4 Å². The fourth-order valence-corrected chi connectivity index (χ4v) is 3.52. The van der Waals surface area contributed by atoms with E-state index in [1.165, 1.54) is 4.90 Å². The van der Waals surface area contributed by atoms with E-state index in [-0.39, 0.29) is 18.2 Å². The first-order valence-electron chi connectivity index (χ1n) is 9.78. The normalized spacial score (nSPS) is 16.0. The van der Waals surface area contributed by atoms with Crippen LogP contribution < -0.4 is 15.0 Å². The standard InChI is InChI=1S/C21H24N6O3/c1-13-10-14(2)27(25-13)9-8-15-11-16(24-23-15)20(28)22-17-12-30-19-7-5-4-6-18(19)26(3)21(17)29/h4-7,10-11,17H,8-9,12H2,1-3H3,(H,22,28)(H,23,24). The molecule has 9 nitrogen and oxygen atoms in total. The zero-order chi connectivity index (χ0) is 21.3. The molecule has 2 aromatic heterocycles. The van der Waals surface area contributed by atoms with E-state index in [0.29, 0.717) is 24.4 Å². The highest BCUT2D eigenvalue weighted by molar-refractivity contribution is 6.02. The minimum atomic E-state index is -0.801. The van der Waals surface area contributed by atoms with Crippen LogP contribution in [0, 0.1) is 13.8 Å². The molecule has 1 aliphatic heterocycles.